The molecule has 2 amide bonds. The van der Waals surface area contributed by atoms with E-state index in [2.05, 4.69) is 15.4 Å². The Labute approximate surface area is 135 Å². The first-order valence-electron chi connectivity index (χ1n) is 6.84. The summed E-state index contributed by atoms with van der Waals surface area (Å²) in [6.45, 7) is -2.99. The van der Waals surface area contributed by atoms with Gasteiger partial charge in [-0.05, 0) is 24.3 Å². The topological polar surface area (TPSA) is 72.7 Å². The number of hydrogen-bond acceptors (Lipinski definition) is 4. The molecule has 0 saturated heterocycles. The first kappa shape index (κ1) is 17.7. The van der Waals surface area contributed by atoms with Gasteiger partial charge in [0.15, 0.2) is 0 Å². The lowest BCUT2D eigenvalue weighted by Gasteiger charge is -2.17. The summed E-state index contributed by atoms with van der Waals surface area (Å²) < 4.78 is 52.4. The number of halogens is 3. The Balaban J connectivity index is 2.09. The molecule has 2 aromatic rings. The lowest BCUT2D eigenvalue weighted by Crippen LogP contribution is -2.34. The lowest BCUT2D eigenvalue weighted by atomic mass is 10.2. The Bertz CT molecular complexity index is 665. The molecule has 1 atom stereocenters. The van der Waals surface area contributed by atoms with Crippen molar-refractivity contribution >= 4 is 11.7 Å². The number of hydrogen-bond donors (Lipinski definition) is 2. The number of carbonyl (C=O) groups excluding carboxylic acids is 1. The summed E-state index contributed by atoms with van der Waals surface area (Å²) in [6.07, 6.45) is 1.43. The van der Waals surface area contributed by atoms with E-state index >= 15 is 0 Å². The van der Waals surface area contributed by atoms with Crippen LogP contribution in [-0.4, -0.2) is 26.4 Å². The molecule has 0 aliphatic heterocycles. The van der Waals surface area contributed by atoms with Crippen LogP contribution in [0.3, 0.4) is 0 Å². The monoisotopic (exact) mass is 344 g/mol. The third-order valence-electron chi connectivity index (χ3n) is 2.93. The van der Waals surface area contributed by atoms with Crippen molar-refractivity contribution in [3.63, 3.8) is 0 Å². The summed E-state index contributed by atoms with van der Waals surface area (Å²) >= 11 is 0. The van der Waals surface area contributed by atoms with E-state index in [0.717, 1.165) is 18.2 Å². The minimum Gasteiger partial charge on any atom is -0.467 e. The van der Waals surface area contributed by atoms with Gasteiger partial charge in [0.1, 0.15) is 23.4 Å². The van der Waals surface area contributed by atoms with Gasteiger partial charge in [-0.2, -0.15) is 8.78 Å². The van der Waals surface area contributed by atoms with Gasteiger partial charge in [0, 0.05) is 13.2 Å². The van der Waals surface area contributed by atoms with Gasteiger partial charge in [-0.25, -0.2) is 9.18 Å². The van der Waals surface area contributed by atoms with Crippen LogP contribution in [-0.2, 0) is 4.74 Å². The van der Waals surface area contributed by atoms with E-state index in [1.807, 2.05) is 0 Å². The predicted octanol–water partition coefficient (Wildman–Crippen LogP) is 3.53. The van der Waals surface area contributed by atoms with E-state index in [4.69, 9.17) is 9.15 Å². The van der Waals surface area contributed by atoms with E-state index in [0.29, 0.717) is 5.76 Å². The molecule has 0 bridgehead atoms. The zero-order valence-corrected chi connectivity index (χ0v) is 12.6. The zero-order valence-electron chi connectivity index (χ0n) is 12.6. The molecule has 24 heavy (non-hydrogen) atoms. The van der Waals surface area contributed by atoms with Crippen molar-refractivity contribution in [2.45, 2.75) is 12.7 Å². The molecule has 6 nitrogen and oxygen atoms in total. The van der Waals surface area contributed by atoms with E-state index in [9.17, 15) is 18.0 Å². The van der Waals surface area contributed by atoms with Crippen molar-refractivity contribution in [1.29, 1.82) is 0 Å². The van der Waals surface area contributed by atoms with Gasteiger partial charge >= 0.3 is 12.6 Å². The number of carbonyl (C=O) groups is 1. The summed E-state index contributed by atoms with van der Waals surface area (Å²) in [6, 6.07) is 4.70. The van der Waals surface area contributed by atoms with Crippen LogP contribution in [0.2, 0.25) is 0 Å². The van der Waals surface area contributed by atoms with Crippen LogP contribution in [0, 0.1) is 5.82 Å². The van der Waals surface area contributed by atoms with E-state index in [-0.39, 0.29) is 18.0 Å². The molecule has 0 saturated carbocycles. The first-order chi connectivity index (χ1) is 11.5. The maximum atomic E-state index is 13.3. The second-order valence-electron chi connectivity index (χ2n) is 4.64. The number of furan rings is 1. The maximum Gasteiger partial charge on any atom is 0.387 e. The first-order valence-corrected chi connectivity index (χ1v) is 6.84. The molecule has 0 aliphatic rings. The van der Waals surface area contributed by atoms with E-state index < -0.39 is 24.5 Å². The smallest absolute Gasteiger partial charge is 0.387 e. The molecule has 2 rings (SSSR count). The molecule has 1 aromatic carbocycles. The van der Waals surface area contributed by atoms with Gasteiger partial charge in [-0.15, -0.1) is 0 Å². The molecule has 1 heterocycles. The van der Waals surface area contributed by atoms with Crippen molar-refractivity contribution < 1.29 is 31.9 Å². The minimum atomic E-state index is -3.11. The second-order valence-corrected chi connectivity index (χ2v) is 4.64. The number of benzene rings is 1. The lowest BCUT2D eigenvalue weighted by molar-refractivity contribution is -0.0494. The van der Waals surface area contributed by atoms with Gasteiger partial charge < -0.3 is 24.5 Å². The Morgan fingerprint density at radius 3 is 2.75 bits per heavy atom. The number of methoxy groups -OCH3 is 1. The van der Waals surface area contributed by atoms with Gasteiger partial charge in [-0.1, -0.05) is 0 Å². The highest BCUT2D eigenvalue weighted by Crippen LogP contribution is 2.27. The minimum absolute atomic E-state index is 0.116. The molecule has 0 spiro atoms. The molecule has 9 heteroatoms. The summed E-state index contributed by atoms with van der Waals surface area (Å²) in [7, 11) is 1.44. The SMILES string of the molecule is COC[C@@H](NC(=O)Nc1cc(F)ccc1OC(F)F)c1ccco1. The molecular weight excluding hydrogens is 329 g/mol. The van der Waals surface area contributed by atoms with Crippen LogP contribution in [0.5, 0.6) is 5.75 Å². The van der Waals surface area contributed by atoms with Crippen molar-refractivity contribution in [3.05, 3.63) is 48.2 Å². The van der Waals surface area contributed by atoms with E-state index in [1.54, 1.807) is 12.1 Å². The van der Waals surface area contributed by atoms with Crippen molar-refractivity contribution in [3.8, 4) is 5.75 Å². The standard InChI is InChI=1S/C15H15F3N2O4/c1-22-8-11(12-3-2-6-23-12)20-15(21)19-10-7-9(16)4-5-13(10)24-14(17)18/h2-7,11,14H,8H2,1H3,(H2,19,20,21)/t11-/m1/s1. The number of anilines is 1. The second kappa shape index (κ2) is 8.25. The summed E-state index contributed by atoms with van der Waals surface area (Å²) in [4.78, 5) is 12.1. The normalized spacial score (nSPS) is 12.0. The quantitative estimate of drug-likeness (QED) is 0.806. The number of ether oxygens (including phenoxy) is 2. The number of alkyl halides is 2. The molecule has 0 aliphatic carbocycles. The summed E-state index contributed by atoms with van der Waals surface area (Å²) in [5.41, 5.74) is -0.233. The molecule has 0 fully saturated rings. The van der Waals surface area contributed by atoms with Crippen molar-refractivity contribution in [2.75, 3.05) is 19.0 Å². The average Bonchev–Trinajstić information content (AvgIpc) is 3.03. The Morgan fingerprint density at radius 1 is 1.33 bits per heavy atom. The van der Waals surface area contributed by atoms with Gasteiger partial charge in [-0.3, -0.25) is 0 Å². The van der Waals surface area contributed by atoms with Crippen LogP contribution < -0.4 is 15.4 Å². The number of urea groups is 1. The Morgan fingerprint density at radius 2 is 2.12 bits per heavy atom. The fourth-order valence-electron chi connectivity index (χ4n) is 1.97. The summed E-state index contributed by atoms with van der Waals surface area (Å²) in [5.74, 6) is -0.635. The van der Waals surface area contributed by atoms with Gasteiger partial charge in [0.25, 0.3) is 0 Å². The fraction of sp³-hybridized carbons (Fsp3) is 0.267. The van der Waals surface area contributed by atoms with Crippen molar-refractivity contribution in [1.82, 2.24) is 5.32 Å². The predicted molar refractivity (Wildman–Crippen MR) is 78.5 cm³/mol. The third kappa shape index (κ3) is 4.92. The fourth-order valence-corrected chi connectivity index (χ4v) is 1.97. The highest BCUT2D eigenvalue weighted by atomic mass is 19.3. The highest BCUT2D eigenvalue weighted by Gasteiger charge is 2.19. The molecule has 2 N–H and O–H groups in total. The van der Waals surface area contributed by atoms with E-state index in [1.165, 1.54) is 13.4 Å². The Hall–Kier alpha value is -2.68. The highest BCUT2D eigenvalue weighted by molar-refractivity contribution is 5.91. The molecule has 130 valence electrons. The zero-order chi connectivity index (χ0) is 17.5. The molecule has 0 unspecified atom stereocenters. The van der Waals surface area contributed by atoms with Crippen LogP contribution in [0.15, 0.2) is 41.0 Å². The summed E-state index contributed by atoms with van der Waals surface area (Å²) in [5, 5.41) is 4.80. The van der Waals surface area contributed by atoms with Crippen LogP contribution in [0.1, 0.15) is 11.8 Å². The number of nitrogens with one attached hydrogen (secondary N) is 2. The Kier molecular flexibility index (Phi) is 6.07. The number of rotatable bonds is 7. The molecule has 0 radical (unpaired) electrons. The average molecular weight is 344 g/mol. The van der Waals surface area contributed by atoms with Crippen molar-refractivity contribution in [2.24, 2.45) is 0 Å². The van der Waals surface area contributed by atoms with Crippen LogP contribution >= 0.6 is 0 Å². The van der Waals surface area contributed by atoms with Crippen LogP contribution in [0.25, 0.3) is 0 Å². The molecule has 1 aromatic heterocycles. The molecular formula is C15H15F3N2O4. The maximum absolute atomic E-state index is 13.3. The van der Waals surface area contributed by atoms with Crippen LogP contribution in [0.4, 0.5) is 23.7 Å². The largest absolute Gasteiger partial charge is 0.467 e. The third-order valence-corrected chi connectivity index (χ3v) is 2.93. The number of amides is 2. The van der Waals surface area contributed by atoms with Gasteiger partial charge in [0.2, 0.25) is 0 Å². The van der Waals surface area contributed by atoms with Gasteiger partial charge in [0.05, 0.1) is 18.6 Å².